The summed E-state index contributed by atoms with van der Waals surface area (Å²) in [6, 6.07) is 13.7. The van der Waals surface area contributed by atoms with Crippen LogP contribution in [0.1, 0.15) is 51.2 Å². The number of esters is 3. The van der Waals surface area contributed by atoms with E-state index in [2.05, 4.69) is 5.32 Å². The fourth-order valence-electron chi connectivity index (χ4n) is 6.73. The van der Waals surface area contributed by atoms with Gasteiger partial charge in [-0.2, -0.15) is 0 Å². The molecular weight excluding hydrogens is 679 g/mol. The average molecular weight is 714 g/mol. The van der Waals surface area contributed by atoms with Crippen LogP contribution < -0.4 is 5.32 Å². The average Bonchev–Trinajstić information content (AvgIpc) is 3.38. The highest BCUT2D eigenvalue weighted by molar-refractivity contribution is 8.01. The molecule has 6 atom stereocenters. The number of ether oxygens (including phenoxy) is 3. The number of amides is 3. The van der Waals surface area contributed by atoms with E-state index < -0.39 is 96.5 Å². The summed E-state index contributed by atoms with van der Waals surface area (Å²) in [6.07, 6.45) is -0.212. The number of sulfone groups is 1. The smallest absolute Gasteiger partial charge is 0.333 e. The molecule has 260 valence electrons. The highest BCUT2D eigenvalue weighted by Crippen LogP contribution is 2.51. The van der Waals surface area contributed by atoms with Crippen molar-refractivity contribution in [1.29, 1.82) is 0 Å². The third-order valence-electron chi connectivity index (χ3n) is 9.42. The van der Waals surface area contributed by atoms with Gasteiger partial charge in [0.2, 0.25) is 24.5 Å². The normalized spacial score (nSPS) is 27.5. The summed E-state index contributed by atoms with van der Waals surface area (Å²) >= 11 is 1.25. The molecule has 1 N–H and O–H groups in total. The van der Waals surface area contributed by atoms with Gasteiger partial charge in [0.15, 0.2) is 15.8 Å². The van der Waals surface area contributed by atoms with Crippen LogP contribution in [0.15, 0.2) is 60.7 Å². The second kappa shape index (κ2) is 12.5. The highest BCUT2D eigenvalue weighted by atomic mass is 32.2. The Balaban J connectivity index is 1.08. The number of nitrogens with one attached hydrogen (secondary N) is 1. The number of rotatable bonds is 10. The molecule has 4 aliphatic heterocycles. The first-order valence-corrected chi connectivity index (χ1v) is 17.9. The van der Waals surface area contributed by atoms with E-state index in [9.17, 15) is 37.2 Å². The van der Waals surface area contributed by atoms with Crippen molar-refractivity contribution < 1.29 is 51.4 Å². The van der Waals surface area contributed by atoms with Crippen LogP contribution in [0.2, 0.25) is 0 Å². The SMILES string of the molecule is CC1(C)S[C@@H]2[C@H](NC(=O)C(C(=O)OCc3ccccc3)c3ccccc3)C(=O)N2[C@H]1C(=O)OCOC(=O)[C@@H]1N2C(=O)C[C@H]2S(=O)(=O)C1(C)C. The lowest BCUT2D eigenvalue weighted by atomic mass is 9.94. The Morgan fingerprint density at radius 1 is 0.878 bits per heavy atom. The summed E-state index contributed by atoms with van der Waals surface area (Å²) in [5.41, 5.74) is 1.12. The molecule has 2 aromatic rings. The van der Waals surface area contributed by atoms with Crippen molar-refractivity contribution in [2.45, 2.75) is 85.0 Å². The standard InChI is InChI=1S/C33H35N3O11S2/c1-32(2)24(30(41)46-17-47-31(42)25-33(3,4)49(43,44)21-15-20(37)35(21)25)36-27(39)23(28(36)48-32)34-26(38)22(19-13-9-6-10-14-19)29(40)45-16-18-11-7-5-8-12-18/h5-14,21-25,28H,15-17H2,1-4H3,(H,34,38)/t21-,22?,23-,24+,25+,28-/m1/s1. The van der Waals surface area contributed by atoms with Gasteiger partial charge in [-0.25, -0.2) is 18.0 Å². The summed E-state index contributed by atoms with van der Waals surface area (Å²) in [4.78, 5) is 80.8. The Hall–Kier alpha value is -4.44. The van der Waals surface area contributed by atoms with Crippen LogP contribution in [0.5, 0.6) is 0 Å². The van der Waals surface area contributed by atoms with Crippen LogP contribution in [-0.2, 0) is 59.4 Å². The van der Waals surface area contributed by atoms with Gasteiger partial charge in [-0.3, -0.25) is 19.2 Å². The van der Waals surface area contributed by atoms with Gasteiger partial charge in [-0.15, -0.1) is 11.8 Å². The Labute approximate surface area is 286 Å². The number of fused-ring (bicyclic) bond motifs is 2. The van der Waals surface area contributed by atoms with E-state index in [-0.39, 0.29) is 13.0 Å². The molecule has 0 radical (unpaired) electrons. The van der Waals surface area contributed by atoms with Gasteiger partial charge in [-0.05, 0) is 38.8 Å². The molecule has 0 spiro atoms. The number of benzene rings is 2. The molecule has 0 aliphatic carbocycles. The van der Waals surface area contributed by atoms with Crippen LogP contribution in [0.3, 0.4) is 0 Å². The Bertz CT molecular complexity index is 1820. The zero-order valence-electron chi connectivity index (χ0n) is 27.1. The fourth-order valence-corrected chi connectivity index (χ4v) is 10.5. The highest BCUT2D eigenvalue weighted by Gasteiger charge is 2.68. The van der Waals surface area contributed by atoms with Crippen molar-refractivity contribution in [3.05, 3.63) is 71.8 Å². The summed E-state index contributed by atoms with van der Waals surface area (Å²) in [7, 11) is -3.84. The van der Waals surface area contributed by atoms with Crippen molar-refractivity contribution in [1.82, 2.24) is 15.1 Å². The van der Waals surface area contributed by atoms with Gasteiger partial charge < -0.3 is 29.3 Å². The first-order chi connectivity index (χ1) is 23.1. The molecule has 2 aromatic carbocycles. The van der Waals surface area contributed by atoms with Crippen LogP contribution in [-0.4, -0.2) is 99.0 Å². The maximum Gasteiger partial charge on any atom is 0.333 e. The lowest BCUT2D eigenvalue weighted by Crippen LogP contribution is -2.71. The van der Waals surface area contributed by atoms with Gasteiger partial charge in [0, 0.05) is 4.75 Å². The Kier molecular flexibility index (Phi) is 8.76. The predicted octanol–water partition coefficient (Wildman–Crippen LogP) is 1.24. The number of carbonyl (C=O) groups excluding carboxylic acids is 6. The fraction of sp³-hybridized carbons (Fsp3) is 0.455. The van der Waals surface area contributed by atoms with Crippen LogP contribution in [0.25, 0.3) is 0 Å². The second-order valence-electron chi connectivity index (χ2n) is 13.2. The number of hydrogen-bond acceptors (Lipinski definition) is 12. The molecule has 4 fully saturated rings. The van der Waals surface area contributed by atoms with Gasteiger partial charge in [0.25, 0.3) is 0 Å². The molecule has 14 nitrogen and oxygen atoms in total. The topological polar surface area (TPSA) is 183 Å². The van der Waals surface area contributed by atoms with Crippen molar-refractivity contribution in [2.24, 2.45) is 0 Å². The van der Waals surface area contributed by atoms with Crippen LogP contribution >= 0.6 is 11.8 Å². The summed E-state index contributed by atoms with van der Waals surface area (Å²) in [6.45, 7) is 5.19. The van der Waals surface area contributed by atoms with Crippen LogP contribution in [0, 0.1) is 0 Å². The maximum absolute atomic E-state index is 13.6. The first kappa shape index (κ1) is 34.4. The lowest BCUT2D eigenvalue weighted by molar-refractivity contribution is -0.181. The third kappa shape index (κ3) is 5.73. The minimum atomic E-state index is -3.84. The van der Waals surface area contributed by atoms with Crippen LogP contribution in [0.4, 0.5) is 0 Å². The number of hydrogen-bond donors (Lipinski definition) is 1. The van der Waals surface area contributed by atoms with Crippen molar-refractivity contribution >= 4 is 57.2 Å². The molecule has 6 rings (SSSR count). The van der Waals surface area contributed by atoms with E-state index in [4.69, 9.17) is 14.2 Å². The zero-order valence-corrected chi connectivity index (χ0v) is 28.7. The minimum absolute atomic E-state index is 0.0490. The van der Waals surface area contributed by atoms with Gasteiger partial charge in [0.1, 0.15) is 35.5 Å². The molecule has 4 aliphatic rings. The molecule has 16 heteroatoms. The number of nitrogens with zero attached hydrogens (tertiary/aromatic N) is 2. The van der Waals surface area contributed by atoms with E-state index in [1.54, 1.807) is 68.4 Å². The van der Waals surface area contributed by atoms with Crippen molar-refractivity contribution in [3.63, 3.8) is 0 Å². The second-order valence-corrected chi connectivity index (χ2v) is 17.7. The van der Waals surface area contributed by atoms with E-state index in [0.717, 1.165) is 10.5 Å². The maximum atomic E-state index is 13.6. The molecule has 0 aromatic heterocycles. The van der Waals surface area contributed by atoms with Crippen molar-refractivity contribution in [2.75, 3.05) is 6.79 Å². The molecular formula is C33H35N3O11S2. The first-order valence-electron chi connectivity index (χ1n) is 15.5. The Morgan fingerprint density at radius 2 is 1.47 bits per heavy atom. The monoisotopic (exact) mass is 713 g/mol. The molecule has 1 unspecified atom stereocenters. The lowest BCUT2D eigenvalue weighted by Gasteiger charge is -2.44. The van der Waals surface area contributed by atoms with E-state index in [0.29, 0.717) is 5.56 Å². The number of carbonyl (C=O) groups is 6. The zero-order chi connectivity index (χ0) is 35.5. The quantitative estimate of drug-likeness (QED) is 0.161. The van der Waals surface area contributed by atoms with Gasteiger partial charge in [-0.1, -0.05) is 60.7 Å². The van der Waals surface area contributed by atoms with Crippen molar-refractivity contribution in [3.8, 4) is 0 Å². The Morgan fingerprint density at radius 3 is 2.08 bits per heavy atom. The van der Waals surface area contributed by atoms with E-state index in [1.165, 1.54) is 30.5 Å². The van der Waals surface area contributed by atoms with Gasteiger partial charge >= 0.3 is 17.9 Å². The molecule has 3 amide bonds. The summed E-state index contributed by atoms with van der Waals surface area (Å²) < 4.78 is 39.0. The number of β-lactam (4-membered cyclic amide) rings is 2. The minimum Gasteiger partial charge on any atom is -0.460 e. The van der Waals surface area contributed by atoms with Gasteiger partial charge in [0.05, 0.1) is 11.2 Å². The molecule has 0 saturated carbocycles. The molecule has 4 saturated heterocycles. The molecule has 49 heavy (non-hydrogen) atoms. The summed E-state index contributed by atoms with van der Waals surface area (Å²) in [5.74, 6) is -5.87. The van der Waals surface area contributed by atoms with E-state index >= 15 is 0 Å². The number of thioether (sulfide) groups is 1. The predicted molar refractivity (Wildman–Crippen MR) is 173 cm³/mol. The molecule has 0 bridgehead atoms. The van der Waals surface area contributed by atoms with E-state index in [1.807, 2.05) is 6.07 Å². The molecule has 4 heterocycles. The largest absolute Gasteiger partial charge is 0.460 e. The summed E-state index contributed by atoms with van der Waals surface area (Å²) in [5, 5.41) is 0.914. The third-order valence-corrected chi connectivity index (χ3v) is 13.8.